The number of thiazole rings is 1. The summed E-state index contributed by atoms with van der Waals surface area (Å²) in [6, 6.07) is 8.10. The minimum atomic E-state index is -0.516. The van der Waals surface area contributed by atoms with E-state index in [-0.39, 0.29) is 18.4 Å². The van der Waals surface area contributed by atoms with Gasteiger partial charge in [0.15, 0.2) is 5.13 Å². The van der Waals surface area contributed by atoms with Gasteiger partial charge in [0.1, 0.15) is 0 Å². The third-order valence-electron chi connectivity index (χ3n) is 3.23. The van der Waals surface area contributed by atoms with Gasteiger partial charge in [-0.05, 0) is 18.4 Å². The number of thioether (sulfide) groups is 1. The van der Waals surface area contributed by atoms with Crippen molar-refractivity contribution in [3.63, 3.8) is 0 Å². The van der Waals surface area contributed by atoms with E-state index in [4.69, 9.17) is 0 Å². The van der Waals surface area contributed by atoms with Crippen molar-refractivity contribution in [2.75, 3.05) is 18.1 Å². The molecule has 2 aromatic rings. The first-order valence-electron chi connectivity index (χ1n) is 7.47. The van der Waals surface area contributed by atoms with Crippen LogP contribution in [0.1, 0.15) is 20.8 Å². The van der Waals surface area contributed by atoms with Gasteiger partial charge in [0.25, 0.3) is 0 Å². The number of benzene rings is 1. The second-order valence-electron chi connectivity index (χ2n) is 6.25. The molecule has 2 amide bonds. The van der Waals surface area contributed by atoms with Crippen LogP contribution >= 0.6 is 23.1 Å². The Hall–Kier alpha value is -1.86. The maximum Gasteiger partial charge on any atom is 0.245 e. The molecule has 0 bridgehead atoms. The van der Waals surface area contributed by atoms with Crippen LogP contribution in [0.25, 0.3) is 11.3 Å². The van der Waals surface area contributed by atoms with Crippen molar-refractivity contribution in [1.82, 2.24) is 10.3 Å². The monoisotopic (exact) mass is 363 g/mol. The van der Waals surface area contributed by atoms with E-state index in [1.807, 2.05) is 35.9 Å². The van der Waals surface area contributed by atoms with Gasteiger partial charge in [-0.15, -0.1) is 23.1 Å². The predicted molar refractivity (Wildman–Crippen MR) is 100 cm³/mol. The standard InChI is InChI=1S/C17H21N3O2S2/c1-17(2,3)15(22)18-9-14(21)20-16-19-13(10-24-16)11-5-7-12(23-4)8-6-11/h5-8,10H,9H2,1-4H3,(H,18,22)(H,19,20,21). The van der Waals surface area contributed by atoms with Gasteiger partial charge in [-0.25, -0.2) is 4.98 Å². The number of anilines is 1. The maximum absolute atomic E-state index is 11.9. The molecule has 0 aliphatic heterocycles. The second-order valence-corrected chi connectivity index (χ2v) is 7.99. The average Bonchev–Trinajstić information content (AvgIpc) is 3.00. The Bertz CT molecular complexity index is 718. The Morgan fingerprint density at radius 1 is 1.21 bits per heavy atom. The van der Waals surface area contributed by atoms with Crippen molar-refractivity contribution >= 4 is 40.0 Å². The number of hydrogen-bond acceptors (Lipinski definition) is 5. The lowest BCUT2D eigenvalue weighted by molar-refractivity contribution is -0.130. The molecule has 1 aromatic carbocycles. The molecule has 128 valence electrons. The number of nitrogens with zero attached hydrogens (tertiary/aromatic N) is 1. The molecule has 2 rings (SSSR count). The summed E-state index contributed by atoms with van der Waals surface area (Å²) in [5.74, 6) is -0.447. The lowest BCUT2D eigenvalue weighted by Crippen LogP contribution is -2.39. The third-order valence-corrected chi connectivity index (χ3v) is 4.73. The largest absolute Gasteiger partial charge is 0.347 e. The second kappa shape index (κ2) is 7.81. The van der Waals surface area contributed by atoms with Gasteiger partial charge in [-0.2, -0.15) is 0 Å². The van der Waals surface area contributed by atoms with Gasteiger partial charge in [0, 0.05) is 21.3 Å². The number of nitrogens with one attached hydrogen (secondary N) is 2. The van der Waals surface area contributed by atoms with E-state index in [0.29, 0.717) is 5.13 Å². The molecule has 0 saturated heterocycles. The van der Waals surface area contributed by atoms with Gasteiger partial charge < -0.3 is 10.6 Å². The zero-order valence-corrected chi connectivity index (χ0v) is 15.8. The normalized spacial score (nSPS) is 11.2. The molecule has 0 unspecified atom stereocenters. The van der Waals surface area contributed by atoms with E-state index < -0.39 is 5.41 Å². The van der Waals surface area contributed by atoms with Crippen LogP contribution in [0.15, 0.2) is 34.5 Å². The molecular formula is C17H21N3O2S2. The van der Waals surface area contributed by atoms with Gasteiger partial charge in [-0.1, -0.05) is 32.9 Å². The SMILES string of the molecule is CSc1ccc(-c2csc(NC(=O)CNC(=O)C(C)(C)C)n2)cc1. The minimum absolute atomic E-state index is 0.0621. The highest BCUT2D eigenvalue weighted by Gasteiger charge is 2.21. The van der Waals surface area contributed by atoms with Gasteiger partial charge in [0.2, 0.25) is 11.8 Å². The number of aromatic nitrogens is 1. The predicted octanol–water partition coefficient (Wildman–Crippen LogP) is 3.63. The van der Waals surface area contributed by atoms with Crippen LogP contribution < -0.4 is 10.6 Å². The third kappa shape index (κ3) is 5.07. The first-order valence-corrected chi connectivity index (χ1v) is 9.58. The topological polar surface area (TPSA) is 71.1 Å². The molecule has 24 heavy (non-hydrogen) atoms. The van der Waals surface area contributed by atoms with Crippen LogP contribution in [-0.4, -0.2) is 29.6 Å². The Balaban J connectivity index is 1.93. The van der Waals surface area contributed by atoms with E-state index in [2.05, 4.69) is 15.6 Å². The average molecular weight is 364 g/mol. The van der Waals surface area contributed by atoms with Crippen LogP contribution in [0.2, 0.25) is 0 Å². The highest BCUT2D eigenvalue weighted by molar-refractivity contribution is 7.98. The van der Waals surface area contributed by atoms with Crippen LogP contribution in [0.5, 0.6) is 0 Å². The summed E-state index contributed by atoms with van der Waals surface area (Å²) in [5.41, 5.74) is 1.31. The molecule has 0 saturated carbocycles. The van der Waals surface area contributed by atoms with Crippen molar-refractivity contribution in [2.24, 2.45) is 5.41 Å². The van der Waals surface area contributed by atoms with Crippen LogP contribution in [0, 0.1) is 5.41 Å². The highest BCUT2D eigenvalue weighted by Crippen LogP contribution is 2.26. The fraction of sp³-hybridized carbons (Fsp3) is 0.353. The van der Waals surface area contributed by atoms with Crippen LogP contribution in [0.3, 0.4) is 0 Å². The molecule has 0 aliphatic carbocycles. The summed E-state index contributed by atoms with van der Waals surface area (Å²) in [6.45, 7) is 5.34. The Labute approximate surface area is 150 Å². The summed E-state index contributed by atoms with van der Waals surface area (Å²) in [7, 11) is 0. The zero-order chi connectivity index (χ0) is 17.7. The molecule has 0 fully saturated rings. The van der Waals surface area contributed by atoms with E-state index in [1.54, 1.807) is 32.5 Å². The number of carbonyl (C=O) groups is 2. The molecule has 2 N–H and O–H groups in total. The van der Waals surface area contributed by atoms with E-state index in [1.165, 1.54) is 16.2 Å². The van der Waals surface area contributed by atoms with Gasteiger partial charge in [-0.3, -0.25) is 9.59 Å². The quantitative estimate of drug-likeness (QED) is 0.796. The van der Waals surface area contributed by atoms with E-state index in [9.17, 15) is 9.59 Å². The first-order chi connectivity index (χ1) is 11.3. The maximum atomic E-state index is 11.9. The molecule has 0 spiro atoms. The molecule has 1 aromatic heterocycles. The van der Waals surface area contributed by atoms with Gasteiger partial charge in [0.05, 0.1) is 12.2 Å². The highest BCUT2D eigenvalue weighted by atomic mass is 32.2. The molecule has 1 heterocycles. The first kappa shape index (κ1) is 18.5. The Kier molecular flexibility index (Phi) is 6.01. The van der Waals surface area contributed by atoms with Crippen molar-refractivity contribution in [2.45, 2.75) is 25.7 Å². The summed E-state index contributed by atoms with van der Waals surface area (Å²) in [6.07, 6.45) is 2.03. The molecular weight excluding hydrogens is 342 g/mol. The molecule has 0 aliphatic rings. The van der Waals surface area contributed by atoms with Crippen LogP contribution in [-0.2, 0) is 9.59 Å². The van der Waals surface area contributed by atoms with Crippen LogP contribution in [0.4, 0.5) is 5.13 Å². The van der Waals surface area contributed by atoms with E-state index >= 15 is 0 Å². The lowest BCUT2D eigenvalue weighted by Gasteiger charge is -2.17. The Morgan fingerprint density at radius 3 is 2.46 bits per heavy atom. The summed E-state index contributed by atoms with van der Waals surface area (Å²) in [5, 5.41) is 7.75. The molecule has 0 radical (unpaired) electrons. The molecule has 0 atom stereocenters. The number of hydrogen-bond donors (Lipinski definition) is 2. The molecule has 7 heteroatoms. The Morgan fingerprint density at radius 2 is 1.88 bits per heavy atom. The number of rotatable bonds is 5. The fourth-order valence-corrected chi connectivity index (χ4v) is 2.96. The van der Waals surface area contributed by atoms with Crippen molar-refractivity contribution in [3.05, 3.63) is 29.6 Å². The summed E-state index contributed by atoms with van der Waals surface area (Å²) >= 11 is 3.05. The smallest absolute Gasteiger partial charge is 0.245 e. The van der Waals surface area contributed by atoms with Crippen molar-refractivity contribution in [3.8, 4) is 11.3 Å². The van der Waals surface area contributed by atoms with E-state index in [0.717, 1.165) is 11.3 Å². The minimum Gasteiger partial charge on any atom is -0.347 e. The van der Waals surface area contributed by atoms with Crippen molar-refractivity contribution in [1.29, 1.82) is 0 Å². The fourth-order valence-electron chi connectivity index (χ4n) is 1.81. The molecule has 5 nitrogen and oxygen atoms in total. The summed E-state index contributed by atoms with van der Waals surface area (Å²) < 4.78 is 0. The summed E-state index contributed by atoms with van der Waals surface area (Å²) in [4.78, 5) is 29.3. The lowest BCUT2D eigenvalue weighted by atomic mass is 9.96. The number of amides is 2. The number of carbonyl (C=O) groups excluding carboxylic acids is 2. The zero-order valence-electron chi connectivity index (χ0n) is 14.2. The van der Waals surface area contributed by atoms with Gasteiger partial charge >= 0.3 is 0 Å². The van der Waals surface area contributed by atoms with Crippen molar-refractivity contribution < 1.29 is 9.59 Å².